The smallest absolute Gasteiger partial charge is 0.315 e. The van der Waals surface area contributed by atoms with Gasteiger partial charge in [0.1, 0.15) is 12.1 Å². The van der Waals surface area contributed by atoms with Crippen molar-refractivity contribution in [3.05, 3.63) is 0 Å². The highest BCUT2D eigenvalue weighted by molar-refractivity contribution is 6.38. The van der Waals surface area contributed by atoms with Crippen molar-refractivity contribution >= 4 is 41.4 Å². The Bertz CT molecular complexity index is 1370. The lowest BCUT2D eigenvalue weighted by atomic mass is 9.86. The molecule has 5 rings (SSSR count). The monoisotopic (exact) mass is 713 g/mol. The SMILES string of the molecule is CN1CC(=O)N(C[C@@H](NC(=O)N[C@H]2CCCCCCCCC[C@@H](C(=O)C(=O)NC3CC3)NC(=O)[C@@H]3[C@@H]4[C@H](CN3C2=O)C4(C)C)C(C)(C)C)C(=O)C1. The highest BCUT2D eigenvalue weighted by Crippen LogP contribution is 2.65. The van der Waals surface area contributed by atoms with Gasteiger partial charge >= 0.3 is 6.03 Å². The third kappa shape index (κ3) is 9.28. The minimum atomic E-state index is -0.977. The number of amides is 7. The van der Waals surface area contributed by atoms with Crippen LogP contribution in [-0.2, 0) is 28.8 Å². The van der Waals surface area contributed by atoms with Gasteiger partial charge in [-0.2, -0.15) is 0 Å². The Morgan fingerprint density at radius 1 is 0.863 bits per heavy atom. The summed E-state index contributed by atoms with van der Waals surface area (Å²) in [6.45, 7) is 10.5. The van der Waals surface area contributed by atoms with E-state index >= 15 is 0 Å². The molecule has 0 spiro atoms. The molecule has 0 aromatic carbocycles. The van der Waals surface area contributed by atoms with Gasteiger partial charge in [0.15, 0.2) is 0 Å². The molecule has 3 saturated heterocycles. The molecule has 3 heterocycles. The summed E-state index contributed by atoms with van der Waals surface area (Å²) >= 11 is 0. The van der Waals surface area contributed by atoms with Crippen molar-refractivity contribution in [3.63, 3.8) is 0 Å². The fourth-order valence-electron chi connectivity index (χ4n) is 8.13. The maximum atomic E-state index is 14.4. The molecule has 0 aromatic heterocycles. The highest BCUT2D eigenvalue weighted by Gasteiger charge is 2.69. The van der Waals surface area contributed by atoms with Gasteiger partial charge in [0, 0.05) is 19.1 Å². The van der Waals surface area contributed by atoms with Crippen LogP contribution < -0.4 is 21.3 Å². The minimum absolute atomic E-state index is 0.00637. The quantitative estimate of drug-likeness (QED) is 0.228. The summed E-state index contributed by atoms with van der Waals surface area (Å²) in [7, 11) is 1.71. The van der Waals surface area contributed by atoms with Gasteiger partial charge in [-0.3, -0.25) is 38.6 Å². The van der Waals surface area contributed by atoms with Gasteiger partial charge in [0.25, 0.3) is 5.91 Å². The number of carbonyl (C=O) groups is 7. The highest BCUT2D eigenvalue weighted by atomic mass is 16.2. The number of rotatable bonds is 7. The minimum Gasteiger partial charge on any atom is -0.347 e. The summed E-state index contributed by atoms with van der Waals surface area (Å²) in [5, 5.41) is 11.5. The second kappa shape index (κ2) is 15.6. The lowest BCUT2D eigenvalue weighted by Gasteiger charge is -2.38. The number of imide groups is 1. The summed E-state index contributed by atoms with van der Waals surface area (Å²) in [6.07, 6.45) is 8.46. The van der Waals surface area contributed by atoms with Gasteiger partial charge in [0.05, 0.1) is 25.2 Å². The number of hydrogen-bond donors (Lipinski definition) is 4. The van der Waals surface area contributed by atoms with E-state index in [1.54, 1.807) is 16.8 Å². The van der Waals surface area contributed by atoms with E-state index < -0.39 is 53.2 Å². The van der Waals surface area contributed by atoms with Crippen LogP contribution in [0.3, 0.4) is 0 Å². The van der Waals surface area contributed by atoms with Crippen molar-refractivity contribution in [2.75, 3.05) is 33.2 Å². The molecule has 0 aromatic rings. The largest absolute Gasteiger partial charge is 0.347 e. The molecule has 51 heavy (non-hydrogen) atoms. The predicted molar refractivity (Wildman–Crippen MR) is 189 cm³/mol. The van der Waals surface area contributed by atoms with Gasteiger partial charge in [-0.25, -0.2) is 4.79 Å². The molecule has 3 aliphatic heterocycles. The van der Waals surface area contributed by atoms with Crippen molar-refractivity contribution in [1.29, 1.82) is 0 Å². The molecule has 0 bridgehead atoms. The predicted octanol–water partition coefficient (Wildman–Crippen LogP) is 1.71. The number of hydrogen-bond acceptors (Lipinski definition) is 8. The summed E-state index contributed by atoms with van der Waals surface area (Å²) in [5.41, 5.74) is -0.707. The Kier molecular flexibility index (Phi) is 11.8. The summed E-state index contributed by atoms with van der Waals surface area (Å²) in [4.78, 5) is 98.3. The number of piperazine rings is 1. The number of likely N-dealkylation sites (N-methyl/N-ethyl adjacent to an activating group) is 1. The van der Waals surface area contributed by atoms with Crippen LogP contribution in [-0.4, -0.2) is 119 Å². The Labute approximate surface area is 301 Å². The van der Waals surface area contributed by atoms with Gasteiger partial charge in [-0.1, -0.05) is 79.6 Å². The third-order valence-corrected chi connectivity index (χ3v) is 11.7. The van der Waals surface area contributed by atoms with Gasteiger partial charge < -0.3 is 26.2 Å². The molecule has 284 valence electrons. The van der Waals surface area contributed by atoms with Crippen LogP contribution in [0.5, 0.6) is 0 Å². The number of nitrogens with one attached hydrogen (secondary N) is 4. The van der Waals surface area contributed by atoms with E-state index in [2.05, 4.69) is 35.1 Å². The Balaban J connectivity index is 1.33. The molecule has 2 saturated carbocycles. The molecule has 0 unspecified atom stereocenters. The lowest BCUT2D eigenvalue weighted by molar-refractivity contribution is -0.151. The first-order valence-electron chi connectivity index (χ1n) is 19.0. The van der Waals surface area contributed by atoms with E-state index in [4.69, 9.17) is 0 Å². The number of urea groups is 1. The molecule has 6 atom stereocenters. The van der Waals surface area contributed by atoms with Gasteiger partial charge in [0.2, 0.25) is 29.4 Å². The van der Waals surface area contributed by atoms with E-state index in [-0.39, 0.29) is 60.6 Å². The standard InChI is InChI=1S/C37H59N7O7/c1-36(2,3)26(19-43-27(45)20-42(6)21-28(43)46)41-35(51)40-25-15-13-11-9-7-8-10-12-14-24(31(47)33(49)38-22-16-17-22)39-32(48)30-29-23(37(29,4)5)18-44(30)34(25)50/h22-26,29-30H,7-21H2,1-6H3,(H,38,49)(H,39,48)(H2,40,41,51)/t23-,24-,25-,26+,29-,30-/m0/s1. The van der Waals surface area contributed by atoms with Crippen molar-refractivity contribution in [2.24, 2.45) is 22.7 Å². The Morgan fingerprint density at radius 3 is 2.04 bits per heavy atom. The van der Waals surface area contributed by atoms with Crippen molar-refractivity contribution in [1.82, 2.24) is 36.0 Å². The third-order valence-electron chi connectivity index (χ3n) is 11.7. The zero-order chi connectivity index (χ0) is 37.2. The molecule has 14 heteroatoms. The molecular weight excluding hydrogens is 654 g/mol. The lowest BCUT2D eigenvalue weighted by Crippen LogP contribution is -2.62. The van der Waals surface area contributed by atoms with E-state index in [1.165, 1.54) is 4.90 Å². The van der Waals surface area contributed by atoms with E-state index in [0.717, 1.165) is 44.9 Å². The summed E-state index contributed by atoms with van der Waals surface area (Å²) < 4.78 is 0. The first kappa shape index (κ1) is 38.7. The first-order chi connectivity index (χ1) is 24.0. The van der Waals surface area contributed by atoms with Crippen LogP contribution in [0, 0.1) is 22.7 Å². The number of carbonyl (C=O) groups excluding carboxylic acids is 7. The number of Topliss-reactive ketones (excluding diaryl/α,β-unsaturated/α-hetero) is 1. The molecule has 4 N–H and O–H groups in total. The van der Waals surface area contributed by atoms with Crippen LogP contribution >= 0.6 is 0 Å². The van der Waals surface area contributed by atoms with Crippen LogP contribution in [0.15, 0.2) is 0 Å². The maximum absolute atomic E-state index is 14.4. The average Bonchev–Trinajstić information content (AvgIpc) is 3.89. The summed E-state index contributed by atoms with van der Waals surface area (Å²) in [6, 6.07) is -3.90. The number of piperidine rings is 1. The van der Waals surface area contributed by atoms with E-state index in [0.29, 0.717) is 32.2 Å². The molecular formula is C37H59N7O7. The second-order valence-corrected chi connectivity index (χ2v) is 17.3. The fraction of sp³-hybridized carbons (Fsp3) is 0.811. The van der Waals surface area contributed by atoms with E-state index in [9.17, 15) is 33.6 Å². The molecule has 0 radical (unpaired) electrons. The van der Waals surface area contributed by atoms with Gasteiger partial charge in [-0.15, -0.1) is 0 Å². The fourth-order valence-corrected chi connectivity index (χ4v) is 8.13. The molecule has 2 aliphatic carbocycles. The Hall–Kier alpha value is -3.55. The van der Waals surface area contributed by atoms with Crippen molar-refractivity contribution < 1.29 is 33.6 Å². The molecule has 14 nitrogen and oxygen atoms in total. The van der Waals surface area contributed by atoms with Crippen molar-refractivity contribution in [3.8, 4) is 0 Å². The number of fused-ring (bicyclic) bond motifs is 3. The molecule has 7 amide bonds. The van der Waals surface area contributed by atoms with Crippen LogP contribution in [0.1, 0.15) is 105 Å². The number of nitrogens with zero attached hydrogens (tertiary/aromatic N) is 3. The van der Waals surface area contributed by atoms with Crippen LogP contribution in [0.4, 0.5) is 4.79 Å². The van der Waals surface area contributed by atoms with E-state index in [1.807, 2.05) is 20.8 Å². The zero-order valence-electron chi connectivity index (χ0n) is 31.3. The van der Waals surface area contributed by atoms with Crippen LogP contribution in [0.2, 0.25) is 0 Å². The molecule has 5 fully saturated rings. The zero-order valence-corrected chi connectivity index (χ0v) is 31.3. The topological polar surface area (TPSA) is 177 Å². The van der Waals surface area contributed by atoms with Crippen molar-refractivity contribution in [2.45, 2.75) is 135 Å². The average molecular weight is 714 g/mol. The van der Waals surface area contributed by atoms with Gasteiger partial charge in [-0.05, 0) is 55.4 Å². The summed E-state index contributed by atoms with van der Waals surface area (Å²) in [5.74, 6) is -2.81. The normalized spacial score (nSPS) is 30.1. The number of ketones is 1. The maximum Gasteiger partial charge on any atom is 0.315 e. The first-order valence-corrected chi connectivity index (χ1v) is 19.0. The van der Waals surface area contributed by atoms with Crippen LogP contribution in [0.25, 0.3) is 0 Å². The molecule has 5 aliphatic rings. The Morgan fingerprint density at radius 2 is 1.45 bits per heavy atom. The second-order valence-electron chi connectivity index (χ2n) is 17.3.